The van der Waals surface area contributed by atoms with Crippen molar-refractivity contribution < 1.29 is 4.79 Å². The Bertz CT molecular complexity index is 453. The highest BCUT2D eigenvalue weighted by molar-refractivity contribution is 7.10. The smallest absolute Gasteiger partial charge is 0.233 e. The summed E-state index contributed by atoms with van der Waals surface area (Å²) in [6.45, 7) is 2.28. The molecule has 2 aliphatic rings. The number of hydrogen-bond donors (Lipinski definition) is 2. The van der Waals surface area contributed by atoms with Gasteiger partial charge in [-0.3, -0.25) is 4.79 Å². The summed E-state index contributed by atoms with van der Waals surface area (Å²) in [7, 11) is 0. The summed E-state index contributed by atoms with van der Waals surface area (Å²) in [5.41, 5.74) is 0.193. The summed E-state index contributed by atoms with van der Waals surface area (Å²) in [5.74, 6) is 0.978. The molecule has 3 rings (SSSR count). The van der Waals surface area contributed by atoms with Crippen LogP contribution in [0.4, 0.5) is 0 Å². The van der Waals surface area contributed by atoms with E-state index in [1.165, 1.54) is 49.8 Å². The lowest BCUT2D eigenvalue weighted by Crippen LogP contribution is -2.44. The lowest BCUT2D eigenvalue weighted by atomic mass is 9.73. The van der Waals surface area contributed by atoms with Crippen LogP contribution >= 0.6 is 23.7 Å². The summed E-state index contributed by atoms with van der Waals surface area (Å²) in [5, 5.41) is 8.61. The normalized spacial score (nSPS) is 20.2. The topological polar surface area (TPSA) is 41.1 Å². The third kappa shape index (κ3) is 4.71. The first kappa shape index (κ1) is 17.8. The molecular weight excluding hydrogens is 316 g/mol. The van der Waals surface area contributed by atoms with E-state index in [0.717, 1.165) is 19.0 Å². The molecule has 22 heavy (non-hydrogen) atoms. The van der Waals surface area contributed by atoms with Crippen molar-refractivity contribution in [2.45, 2.75) is 50.4 Å². The van der Waals surface area contributed by atoms with E-state index < -0.39 is 0 Å². The maximum atomic E-state index is 12.0. The van der Waals surface area contributed by atoms with Gasteiger partial charge in [0.2, 0.25) is 5.91 Å². The number of rotatable bonds is 7. The Balaban J connectivity index is 0.00000176. The summed E-state index contributed by atoms with van der Waals surface area (Å²) in [6, 6.07) is 4.38. The van der Waals surface area contributed by atoms with Gasteiger partial charge in [-0.05, 0) is 49.6 Å². The SMILES string of the molecule is Cl.O=C(CNCC1CC1)NCC1(c2cccs2)CCCCC1. The van der Waals surface area contributed by atoms with Crippen molar-refractivity contribution in [1.29, 1.82) is 0 Å². The van der Waals surface area contributed by atoms with Gasteiger partial charge >= 0.3 is 0 Å². The van der Waals surface area contributed by atoms with Crippen LogP contribution in [0.15, 0.2) is 17.5 Å². The Kier molecular flexibility index (Phi) is 6.72. The van der Waals surface area contributed by atoms with Gasteiger partial charge in [-0.1, -0.05) is 25.3 Å². The second-order valence-electron chi connectivity index (χ2n) is 6.67. The molecule has 1 amide bonds. The fourth-order valence-electron chi connectivity index (χ4n) is 3.36. The van der Waals surface area contributed by atoms with Crippen LogP contribution < -0.4 is 10.6 Å². The van der Waals surface area contributed by atoms with Crippen molar-refractivity contribution in [1.82, 2.24) is 10.6 Å². The van der Waals surface area contributed by atoms with E-state index in [2.05, 4.69) is 28.1 Å². The maximum absolute atomic E-state index is 12.0. The van der Waals surface area contributed by atoms with Gasteiger partial charge in [0.05, 0.1) is 6.54 Å². The van der Waals surface area contributed by atoms with E-state index in [-0.39, 0.29) is 23.7 Å². The summed E-state index contributed by atoms with van der Waals surface area (Å²) in [4.78, 5) is 13.5. The van der Waals surface area contributed by atoms with Crippen LogP contribution in [0.25, 0.3) is 0 Å². The van der Waals surface area contributed by atoms with Gasteiger partial charge in [0.15, 0.2) is 0 Å². The fourth-order valence-corrected chi connectivity index (χ4v) is 4.35. The number of nitrogens with one attached hydrogen (secondary N) is 2. The molecular formula is C17H27ClN2OS. The number of carbonyl (C=O) groups excluding carboxylic acids is 1. The summed E-state index contributed by atoms with van der Waals surface area (Å²) < 4.78 is 0. The second kappa shape index (κ2) is 8.32. The Hall–Kier alpha value is -0.580. The van der Waals surface area contributed by atoms with Gasteiger partial charge in [-0.25, -0.2) is 0 Å². The minimum Gasteiger partial charge on any atom is -0.354 e. The highest BCUT2D eigenvalue weighted by Gasteiger charge is 2.35. The van der Waals surface area contributed by atoms with E-state index in [9.17, 15) is 4.79 Å². The Labute approximate surface area is 143 Å². The predicted molar refractivity (Wildman–Crippen MR) is 94.9 cm³/mol. The largest absolute Gasteiger partial charge is 0.354 e. The molecule has 0 radical (unpaired) electrons. The molecule has 124 valence electrons. The van der Waals surface area contributed by atoms with Crippen LogP contribution in [0.1, 0.15) is 49.8 Å². The van der Waals surface area contributed by atoms with Crippen LogP contribution in [0.2, 0.25) is 0 Å². The standard InChI is InChI=1S/C17H26N2OS.ClH/c20-16(12-18-11-14-6-7-14)19-13-17(8-2-1-3-9-17)15-5-4-10-21-15;/h4-5,10,14,18H,1-3,6-9,11-13H2,(H,19,20);1H. The molecule has 3 nitrogen and oxygen atoms in total. The zero-order valence-electron chi connectivity index (χ0n) is 13.1. The first-order chi connectivity index (χ1) is 10.3. The molecule has 5 heteroatoms. The lowest BCUT2D eigenvalue weighted by Gasteiger charge is -2.36. The Morgan fingerprint density at radius 2 is 2.05 bits per heavy atom. The Morgan fingerprint density at radius 3 is 2.68 bits per heavy atom. The van der Waals surface area contributed by atoms with E-state index in [1.54, 1.807) is 0 Å². The predicted octanol–water partition coefficient (Wildman–Crippen LogP) is 3.49. The average molecular weight is 343 g/mol. The minimum atomic E-state index is 0. The van der Waals surface area contributed by atoms with Gasteiger partial charge in [0, 0.05) is 16.8 Å². The van der Waals surface area contributed by atoms with E-state index in [0.29, 0.717) is 6.54 Å². The first-order valence-electron chi connectivity index (χ1n) is 8.30. The van der Waals surface area contributed by atoms with Gasteiger partial charge in [0.1, 0.15) is 0 Å². The molecule has 2 saturated carbocycles. The molecule has 0 saturated heterocycles. The van der Waals surface area contributed by atoms with Crippen molar-refractivity contribution in [2.24, 2.45) is 5.92 Å². The molecule has 0 aromatic carbocycles. The van der Waals surface area contributed by atoms with E-state index in [4.69, 9.17) is 0 Å². The fraction of sp³-hybridized carbons (Fsp3) is 0.706. The van der Waals surface area contributed by atoms with Crippen LogP contribution in [0, 0.1) is 5.92 Å². The van der Waals surface area contributed by atoms with Crippen molar-refractivity contribution in [2.75, 3.05) is 19.6 Å². The Morgan fingerprint density at radius 1 is 1.27 bits per heavy atom. The van der Waals surface area contributed by atoms with Gasteiger partial charge in [-0.2, -0.15) is 0 Å². The highest BCUT2D eigenvalue weighted by atomic mass is 35.5. The number of thiophene rings is 1. The molecule has 0 unspecified atom stereocenters. The zero-order chi connectivity index (χ0) is 14.5. The lowest BCUT2D eigenvalue weighted by molar-refractivity contribution is -0.120. The summed E-state index contributed by atoms with van der Waals surface area (Å²) in [6.07, 6.45) is 8.99. The van der Waals surface area contributed by atoms with E-state index in [1.807, 2.05) is 11.3 Å². The van der Waals surface area contributed by atoms with Crippen LogP contribution in [-0.4, -0.2) is 25.5 Å². The monoisotopic (exact) mass is 342 g/mol. The highest BCUT2D eigenvalue weighted by Crippen LogP contribution is 2.41. The molecule has 0 aliphatic heterocycles. The van der Waals surface area contributed by atoms with Crippen LogP contribution in [-0.2, 0) is 10.2 Å². The minimum absolute atomic E-state index is 0. The summed E-state index contributed by atoms with van der Waals surface area (Å²) >= 11 is 1.84. The molecule has 1 aromatic rings. The van der Waals surface area contributed by atoms with Crippen LogP contribution in [0.5, 0.6) is 0 Å². The van der Waals surface area contributed by atoms with Crippen molar-refractivity contribution >= 4 is 29.7 Å². The third-order valence-corrected chi connectivity index (χ3v) is 6.01. The molecule has 2 fully saturated rings. The van der Waals surface area contributed by atoms with Gasteiger partial charge < -0.3 is 10.6 Å². The molecule has 0 spiro atoms. The number of hydrogen-bond acceptors (Lipinski definition) is 3. The third-order valence-electron chi connectivity index (χ3n) is 4.89. The maximum Gasteiger partial charge on any atom is 0.233 e. The van der Waals surface area contributed by atoms with Crippen LogP contribution in [0.3, 0.4) is 0 Å². The van der Waals surface area contributed by atoms with E-state index >= 15 is 0 Å². The molecule has 2 aliphatic carbocycles. The molecule has 1 aromatic heterocycles. The second-order valence-corrected chi connectivity index (χ2v) is 7.62. The van der Waals surface area contributed by atoms with Crippen molar-refractivity contribution in [3.63, 3.8) is 0 Å². The molecule has 0 atom stereocenters. The number of amides is 1. The molecule has 0 bridgehead atoms. The number of carbonyl (C=O) groups is 1. The molecule has 2 N–H and O–H groups in total. The zero-order valence-corrected chi connectivity index (χ0v) is 14.7. The van der Waals surface area contributed by atoms with Gasteiger partial charge in [0.25, 0.3) is 0 Å². The molecule has 1 heterocycles. The van der Waals surface area contributed by atoms with Crippen molar-refractivity contribution in [3.05, 3.63) is 22.4 Å². The number of halogens is 1. The van der Waals surface area contributed by atoms with Crippen molar-refractivity contribution in [3.8, 4) is 0 Å². The van der Waals surface area contributed by atoms with Gasteiger partial charge in [-0.15, -0.1) is 23.7 Å². The first-order valence-corrected chi connectivity index (χ1v) is 9.18. The quantitative estimate of drug-likeness (QED) is 0.796. The average Bonchev–Trinajstić information content (AvgIpc) is 3.16.